The second-order valence-electron chi connectivity index (χ2n) is 1.68. The fraction of sp³-hybridized carbons (Fsp3) is 0.625. The molecule has 0 spiro atoms. The summed E-state index contributed by atoms with van der Waals surface area (Å²) < 4.78 is 0. The molecule has 0 heterocycles. The first kappa shape index (κ1) is 12.4. The van der Waals surface area contributed by atoms with E-state index in [9.17, 15) is 4.79 Å². The summed E-state index contributed by atoms with van der Waals surface area (Å²) in [6.45, 7) is 7.87. The maximum atomic E-state index is 10.5. The lowest BCUT2D eigenvalue weighted by Gasteiger charge is -1.90. The van der Waals surface area contributed by atoms with E-state index in [2.05, 4.69) is 13.2 Å². The van der Waals surface area contributed by atoms with E-state index in [1.807, 2.05) is 6.92 Å². The van der Waals surface area contributed by atoms with Gasteiger partial charge in [-0.05, 0) is 6.42 Å². The summed E-state index contributed by atoms with van der Waals surface area (Å²) in [5.74, 6) is 0.914. The highest BCUT2D eigenvalue weighted by atomic mass is 35.5. The van der Waals surface area contributed by atoms with Gasteiger partial charge in [0, 0.05) is 18.7 Å². The van der Waals surface area contributed by atoms with Crippen molar-refractivity contribution in [2.75, 3.05) is 5.88 Å². The zero-order chi connectivity index (χ0) is 8.41. The van der Waals surface area contributed by atoms with E-state index >= 15 is 0 Å². The number of carbonyl (C=O) groups excluding carboxylic acids is 1. The van der Waals surface area contributed by atoms with Crippen molar-refractivity contribution < 1.29 is 4.79 Å². The number of halogens is 1. The SMILES string of the molecule is C=C.CCC(=O)CCCCl. The smallest absolute Gasteiger partial charge is 0.132 e. The highest BCUT2D eigenvalue weighted by Crippen LogP contribution is 1.95. The molecule has 0 rings (SSSR count). The van der Waals surface area contributed by atoms with Crippen molar-refractivity contribution in [1.29, 1.82) is 0 Å². The molecule has 0 aliphatic rings. The maximum absolute atomic E-state index is 10.5. The van der Waals surface area contributed by atoms with Gasteiger partial charge in [-0.1, -0.05) is 6.92 Å². The summed E-state index contributed by atoms with van der Waals surface area (Å²) in [6, 6.07) is 0. The van der Waals surface area contributed by atoms with Crippen molar-refractivity contribution in [3.05, 3.63) is 13.2 Å². The number of Topliss-reactive ketones (excluding diaryl/α,β-unsaturated/α-hetero) is 1. The van der Waals surface area contributed by atoms with Gasteiger partial charge >= 0.3 is 0 Å². The number of rotatable bonds is 4. The van der Waals surface area contributed by atoms with E-state index in [-0.39, 0.29) is 0 Å². The Hall–Kier alpha value is -0.300. The van der Waals surface area contributed by atoms with Crippen LogP contribution in [0, 0.1) is 0 Å². The summed E-state index contributed by atoms with van der Waals surface area (Å²) in [4.78, 5) is 10.5. The molecule has 0 aromatic carbocycles. The van der Waals surface area contributed by atoms with Crippen LogP contribution in [0.25, 0.3) is 0 Å². The lowest BCUT2D eigenvalue weighted by Crippen LogP contribution is -1.93. The highest BCUT2D eigenvalue weighted by molar-refractivity contribution is 6.17. The molecule has 0 amide bonds. The second kappa shape index (κ2) is 11.5. The predicted octanol–water partition coefficient (Wildman–Crippen LogP) is 2.79. The van der Waals surface area contributed by atoms with Crippen molar-refractivity contribution >= 4 is 17.4 Å². The molecule has 0 saturated carbocycles. The molecule has 1 nitrogen and oxygen atoms in total. The van der Waals surface area contributed by atoms with Gasteiger partial charge in [-0.25, -0.2) is 0 Å². The number of alkyl halides is 1. The molecule has 2 heteroatoms. The van der Waals surface area contributed by atoms with Crippen LogP contribution < -0.4 is 0 Å². The quantitative estimate of drug-likeness (QED) is 0.459. The van der Waals surface area contributed by atoms with Crippen LogP contribution in [0.2, 0.25) is 0 Å². The fourth-order valence-electron chi connectivity index (χ4n) is 0.441. The molecule has 0 saturated heterocycles. The van der Waals surface area contributed by atoms with E-state index in [1.54, 1.807) is 0 Å². The summed E-state index contributed by atoms with van der Waals surface area (Å²) in [6.07, 6.45) is 2.13. The lowest BCUT2D eigenvalue weighted by atomic mass is 10.2. The monoisotopic (exact) mass is 162 g/mol. The van der Waals surface area contributed by atoms with E-state index < -0.39 is 0 Å². The molecular weight excluding hydrogens is 148 g/mol. The molecule has 0 aromatic rings. The normalized spacial score (nSPS) is 7.80. The molecule has 60 valence electrons. The van der Waals surface area contributed by atoms with Gasteiger partial charge < -0.3 is 0 Å². The van der Waals surface area contributed by atoms with E-state index in [4.69, 9.17) is 11.6 Å². The minimum Gasteiger partial charge on any atom is -0.300 e. The summed E-state index contributed by atoms with van der Waals surface area (Å²) in [7, 11) is 0. The third kappa shape index (κ3) is 10.6. The Bertz CT molecular complexity index is 81.3. The topological polar surface area (TPSA) is 17.1 Å². The van der Waals surface area contributed by atoms with E-state index in [0.717, 1.165) is 6.42 Å². The van der Waals surface area contributed by atoms with Crippen LogP contribution in [-0.4, -0.2) is 11.7 Å². The van der Waals surface area contributed by atoms with Crippen molar-refractivity contribution in [3.8, 4) is 0 Å². The first-order valence-corrected chi connectivity index (χ1v) is 3.92. The standard InChI is InChI=1S/C6H11ClO.C2H4/c1-2-6(8)4-3-5-7;1-2/h2-5H2,1H3;1-2H2. The van der Waals surface area contributed by atoms with Gasteiger partial charge in [0.15, 0.2) is 0 Å². The average molecular weight is 163 g/mol. The third-order valence-electron chi connectivity index (χ3n) is 0.984. The van der Waals surface area contributed by atoms with Gasteiger partial charge in [0.25, 0.3) is 0 Å². The largest absolute Gasteiger partial charge is 0.300 e. The maximum Gasteiger partial charge on any atom is 0.132 e. The molecule has 0 radical (unpaired) electrons. The molecular formula is C8H15ClO. The van der Waals surface area contributed by atoms with Gasteiger partial charge in [-0.3, -0.25) is 4.79 Å². The highest BCUT2D eigenvalue weighted by Gasteiger charge is 1.94. The molecule has 0 fully saturated rings. The number of ketones is 1. The Morgan fingerprint density at radius 3 is 2.30 bits per heavy atom. The zero-order valence-electron chi connectivity index (χ0n) is 6.53. The first-order valence-electron chi connectivity index (χ1n) is 3.39. The Balaban J connectivity index is 0. The Morgan fingerprint density at radius 2 is 2.00 bits per heavy atom. The van der Waals surface area contributed by atoms with Crippen molar-refractivity contribution in [2.24, 2.45) is 0 Å². The van der Waals surface area contributed by atoms with Gasteiger partial charge in [0.1, 0.15) is 5.78 Å². The van der Waals surface area contributed by atoms with Gasteiger partial charge in [-0.15, -0.1) is 24.8 Å². The van der Waals surface area contributed by atoms with E-state index in [0.29, 0.717) is 24.5 Å². The lowest BCUT2D eigenvalue weighted by molar-refractivity contribution is -0.118. The Labute approximate surface area is 68.1 Å². The summed E-state index contributed by atoms with van der Waals surface area (Å²) in [5.41, 5.74) is 0. The summed E-state index contributed by atoms with van der Waals surface area (Å²) in [5, 5.41) is 0. The third-order valence-corrected chi connectivity index (χ3v) is 1.25. The molecule has 0 aromatic heterocycles. The van der Waals surface area contributed by atoms with Crippen LogP contribution in [0.15, 0.2) is 13.2 Å². The van der Waals surface area contributed by atoms with Gasteiger partial charge in [-0.2, -0.15) is 0 Å². The van der Waals surface area contributed by atoms with Crippen molar-refractivity contribution in [3.63, 3.8) is 0 Å². The van der Waals surface area contributed by atoms with Gasteiger partial charge in [0.2, 0.25) is 0 Å². The van der Waals surface area contributed by atoms with Crippen LogP contribution in [0.3, 0.4) is 0 Å². The summed E-state index contributed by atoms with van der Waals surface area (Å²) >= 11 is 5.35. The second-order valence-corrected chi connectivity index (χ2v) is 2.06. The minimum absolute atomic E-state index is 0.311. The van der Waals surface area contributed by atoms with Crippen molar-refractivity contribution in [1.82, 2.24) is 0 Å². The fourth-order valence-corrected chi connectivity index (χ4v) is 0.574. The Kier molecular flexibility index (Phi) is 14.2. The first-order chi connectivity index (χ1) is 4.81. The number of carbonyl (C=O) groups is 1. The average Bonchev–Trinajstić information content (AvgIpc) is 2.04. The number of hydrogen-bond donors (Lipinski definition) is 0. The van der Waals surface area contributed by atoms with Crippen LogP contribution >= 0.6 is 11.6 Å². The van der Waals surface area contributed by atoms with Crippen LogP contribution in [0.1, 0.15) is 26.2 Å². The predicted molar refractivity (Wildman–Crippen MR) is 46.5 cm³/mol. The van der Waals surface area contributed by atoms with Crippen LogP contribution in [0.4, 0.5) is 0 Å². The van der Waals surface area contributed by atoms with Crippen molar-refractivity contribution in [2.45, 2.75) is 26.2 Å². The molecule has 0 atom stereocenters. The molecule has 0 aliphatic heterocycles. The van der Waals surface area contributed by atoms with Crippen LogP contribution in [0.5, 0.6) is 0 Å². The molecule has 10 heavy (non-hydrogen) atoms. The molecule has 0 N–H and O–H groups in total. The molecule has 0 bridgehead atoms. The Morgan fingerprint density at radius 1 is 1.50 bits per heavy atom. The number of hydrogen-bond acceptors (Lipinski definition) is 1. The van der Waals surface area contributed by atoms with E-state index in [1.165, 1.54) is 0 Å². The zero-order valence-corrected chi connectivity index (χ0v) is 7.28. The minimum atomic E-state index is 0.311. The van der Waals surface area contributed by atoms with Gasteiger partial charge in [0.05, 0.1) is 0 Å². The van der Waals surface area contributed by atoms with Crippen LogP contribution in [-0.2, 0) is 4.79 Å². The molecule has 0 aliphatic carbocycles. The molecule has 0 unspecified atom stereocenters.